The third-order valence-corrected chi connectivity index (χ3v) is 3.33. The maximum absolute atomic E-state index is 12.9. The average Bonchev–Trinajstić information content (AvgIpc) is 2.67. The molecule has 0 spiro atoms. The highest BCUT2D eigenvalue weighted by Gasteiger charge is 2.15. The summed E-state index contributed by atoms with van der Waals surface area (Å²) in [5.74, 6) is 0. The van der Waals surface area contributed by atoms with Gasteiger partial charge in [0.15, 0.2) is 0 Å². The first kappa shape index (κ1) is 13.3. The Morgan fingerprint density at radius 2 is 2.11 bits per heavy atom. The van der Waals surface area contributed by atoms with Crippen molar-refractivity contribution < 1.29 is 8.78 Å². The Kier molecular flexibility index (Phi) is 3.88. The van der Waals surface area contributed by atoms with E-state index in [9.17, 15) is 8.78 Å². The van der Waals surface area contributed by atoms with Gasteiger partial charge < -0.3 is 5.73 Å². The zero-order chi connectivity index (χ0) is 13.3. The molecule has 2 rings (SSSR count). The molecule has 0 aliphatic rings. The van der Waals surface area contributed by atoms with Crippen LogP contribution in [-0.2, 0) is 6.42 Å². The van der Waals surface area contributed by atoms with E-state index >= 15 is 0 Å². The highest BCUT2D eigenvalue weighted by atomic mass is 35.5. The van der Waals surface area contributed by atoms with Crippen LogP contribution in [0.5, 0.6) is 0 Å². The second-order valence-electron chi connectivity index (χ2n) is 4.37. The van der Waals surface area contributed by atoms with E-state index in [4.69, 9.17) is 17.3 Å². The molecule has 0 aliphatic heterocycles. The Hall–Kier alpha value is -1.13. The fourth-order valence-corrected chi connectivity index (χ4v) is 2.21. The van der Waals surface area contributed by atoms with E-state index in [1.54, 1.807) is 18.2 Å². The van der Waals surface area contributed by atoms with E-state index < -0.39 is 6.55 Å². The van der Waals surface area contributed by atoms with Crippen molar-refractivity contribution in [3.05, 3.63) is 35.0 Å². The molecule has 1 aromatic heterocycles. The summed E-state index contributed by atoms with van der Waals surface area (Å²) in [5, 5.41) is 1.25. The van der Waals surface area contributed by atoms with Crippen LogP contribution in [-0.4, -0.2) is 10.6 Å². The lowest BCUT2D eigenvalue weighted by Gasteiger charge is -2.06. The van der Waals surface area contributed by atoms with Crippen LogP contribution in [0, 0.1) is 0 Å². The molecule has 18 heavy (non-hydrogen) atoms. The molecule has 1 atom stereocenters. The van der Waals surface area contributed by atoms with Gasteiger partial charge in [-0.25, -0.2) is 0 Å². The van der Waals surface area contributed by atoms with Crippen molar-refractivity contribution in [3.63, 3.8) is 0 Å². The standard InChI is InChI=1S/C13H15ClF2N2/c1-2-10(17)5-8-7-18(13(15)16)12-6-9(14)3-4-11(8)12/h3-4,6-7,10,13H,2,5,17H2,1H3. The van der Waals surface area contributed by atoms with E-state index in [1.165, 1.54) is 6.20 Å². The van der Waals surface area contributed by atoms with Crippen LogP contribution in [0.15, 0.2) is 24.4 Å². The lowest BCUT2D eigenvalue weighted by atomic mass is 10.0. The molecule has 1 unspecified atom stereocenters. The minimum atomic E-state index is -2.57. The van der Waals surface area contributed by atoms with Gasteiger partial charge in [-0.15, -0.1) is 0 Å². The summed E-state index contributed by atoms with van der Waals surface area (Å²) in [4.78, 5) is 0. The third-order valence-electron chi connectivity index (χ3n) is 3.10. The second kappa shape index (κ2) is 5.24. The Balaban J connectivity index is 2.54. The monoisotopic (exact) mass is 272 g/mol. The van der Waals surface area contributed by atoms with Gasteiger partial charge in [0.05, 0.1) is 5.52 Å². The largest absolute Gasteiger partial charge is 0.327 e. The average molecular weight is 273 g/mol. The zero-order valence-corrected chi connectivity index (χ0v) is 10.8. The van der Waals surface area contributed by atoms with E-state index in [1.807, 2.05) is 6.92 Å². The van der Waals surface area contributed by atoms with Crippen LogP contribution in [0.3, 0.4) is 0 Å². The van der Waals surface area contributed by atoms with Crippen LogP contribution in [0.25, 0.3) is 10.9 Å². The number of nitrogens with two attached hydrogens (primary N) is 1. The molecule has 2 nitrogen and oxygen atoms in total. The first-order chi connectivity index (χ1) is 8.52. The Labute approximate surface area is 109 Å². The molecule has 0 radical (unpaired) electrons. The lowest BCUT2D eigenvalue weighted by Crippen LogP contribution is -2.21. The maximum atomic E-state index is 12.9. The van der Waals surface area contributed by atoms with Gasteiger partial charge in [-0.3, -0.25) is 4.57 Å². The van der Waals surface area contributed by atoms with Gasteiger partial charge in [-0.1, -0.05) is 24.6 Å². The molecule has 0 amide bonds. The molecule has 0 fully saturated rings. The SMILES string of the molecule is CCC(N)Cc1cn(C(F)F)c2cc(Cl)ccc12. The predicted molar refractivity (Wildman–Crippen MR) is 70.2 cm³/mol. The van der Waals surface area contributed by atoms with Gasteiger partial charge in [0, 0.05) is 22.6 Å². The molecule has 0 saturated carbocycles. The Morgan fingerprint density at radius 3 is 2.72 bits per heavy atom. The van der Waals surface area contributed by atoms with E-state index in [2.05, 4.69) is 0 Å². The summed E-state index contributed by atoms with van der Waals surface area (Å²) in [7, 11) is 0. The fraction of sp³-hybridized carbons (Fsp3) is 0.385. The first-order valence-electron chi connectivity index (χ1n) is 5.85. The Bertz CT molecular complexity index is 551. The molecule has 0 bridgehead atoms. The molecule has 1 heterocycles. The van der Waals surface area contributed by atoms with Crippen molar-refractivity contribution >= 4 is 22.5 Å². The minimum absolute atomic E-state index is 0.0163. The van der Waals surface area contributed by atoms with Gasteiger partial charge in [0.25, 0.3) is 0 Å². The van der Waals surface area contributed by atoms with Crippen LogP contribution in [0.2, 0.25) is 5.02 Å². The van der Waals surface area contributed by atoms with Gasteiger partial charge in [0.2, 0.25) is 0 Å². The van der Waals surface area contributed by atoms with Gasteiger partial charge in [-0.05, 0) is 30.5 Å². The van der Waals surface area contributed by atoms with Gasteiger partial charge in [-0.2, -0.15) is 8.78 Å². The molecule has 2 aromatic rings. The molecule has 1 aromatic carbocycles. The minimum Gasteiger partial charge on any atom is -0.327 e. The summed E-state index contributed by atoms with van der Waals surface area (Å²) in [5.41, 5.74) is 7.19. The summed E-state index contributed by atoms with van der Waals surface area (Å²) in [6.07, 6.45) is 2.88. The van der Waals surface area contributed by atoms with Crippen molar-refractivity contribution in [1.29, 1.82) is 0 Å². The van der Waals surface area contributed by atoms with Crippen molar-refractivity contribution in [3.8, 4) is 0 Å². The number of benzene rings is 1. The first-order valence-corrected chi connectivity index (χ1v) is 6.23. The quantitative estimate of drug-likeness (QED) is 0.897. The smallest absolute Gasteiger partial charge is 0.319 e. The summed E-state index contributed by atoms with van der Waals surface area (Å²) < 4.78 is 26.8. The lowest BCUT2D eigenvalue weighted by molar-refractivity contribution is 0.0750. The van der Waals surface area contributed by atoms with Crippen LogP contribution >= 0.6 is 11.6 Å². The number of halogens is 3. The van der Waals surface area contributed by atoms with E-state index in [0.29, 0.717) is 17.0 Å². The number of hydrogen-bond acceptors (Lipinski definition) is 1. The number of rotatable bonds is 4. The molecular formula is C13H15ClF2N2. The van der Waals surface area contributed by atoms with Crippen molar-refractivity contribution in [2.24, 2.45) is 5.73 Å². The molecule has 0 aliphatic carbocycles. The number of nitrogens with zero attached hydrogens (tertiary/aromatic N) is 1. The molecule has 5 heteroatoms. The number of hydrogen-bond donors (Lipinski definition) is 1. The highest BCUT2D eigenvalue weighted by molar-refractivity contribution is 6.31. The van der Waals surface area contributed by atoms with E-state index in [0.717, 1.165) is 21.9 Å². The fourth-order valence-electron chi connectivity index (χ4n) is 2.05. The normalized spacial score (nSPS) is 13.4. The Morgan fingerprint density at radius 1 is 1.39 bits per heavy atom. The van der Waals surface area contributed by atoms with Crippen molar-refractivity contribution in [1.82, 2.24) is 4.57 Å². The summed E-state index contributed by atoms with van der Waals surface area (Å²) in [6.45, 7) is -0.592. The topological polar surface area (TPSA) is 30.9 Å². The molecule has 0 saturated heterocycles. The maximum Gasteiger partial charge on any atom is 0.319 e. The van der Waals surface area contributed by atoms with Crippen molar-refractivity contribution in [2.45, 2.75) is 32.4 Å². The van der Waals surface area contributed by atoms with Gasteiger partial charge in [0.1, 0.15) is 0 Å². The zero-order valence-electron chi connectivity index (χ0n) is 10.0. The summed E-state index contributed by atoms with van der Waals surface area (Å²) >= 11 is 5.85. The summed E-state index contributed by atoms with van der Waals surface area (Å²) in [6, 6.07) is 5.02. The number of fused-ring (bicyclic) bond motifs is 1. The molecule has 2 N–H and O–H groups in total. The van der Waals surface area contributed by atoms with Crippen molar-refractivity contribution in [2.75, 3.05) is 0 Å². The number of aromatic nitrogens is 1. The van der Waals surface area contributed by atoms with E-state index in [-0.39, 0.29) is 6.04 Å². The predicted octanol–water partition coefficient (Wildman–Crippen LogP) is 3.97. The third kappa shape index (κ3) is 2.49. The van der Waals surface area contributed by atoms with Crippen LogP contribution in [0.4, 0.5) is 8.78 Å². The second-order valence-corrected chi connectivity index (χ2v) is 4.81. The number of alkyl halides is 2. The molecular weight excluding hydrogens is 258 g/mol. The van der Waals surface area contributed by atoms with Gasteiger partial charge >= 0.3 is 6.55 Å². The molecule has 98 valence electrons. The van der Waals surface area contributed by atoms with Crippen LogP contribution in [0.1, 0.15) is 25.5 Å². The highest BCUT2D eigenvalue weighted by Crippen LogP contribution is 2.29. The van der Waals surface area contributed by atoms with Crippen LogP contribution < -0.4 is 5.73 Å².